The summed E-state index contributed by atoms with van der Waals surface area (Å²) in [5.41, 5.74) is 0. The van der Waals surface area contributed by atoms with Gasteiger partial charge in [0.25, 0.3) is 0 Å². The van der Waals surface area contributed by atoms with Crippen LogP contribution in [0.3, 0.4) is 0 Å². The average Bonchev–Trinajstić information content (AvgIpc) is 2.13. The zero-order valence-corrected chi connectivity index (χ0v) is 10.3. The van der Waals surface area contributed by atoms with Gasteiger partial charge in [0, 0.05) is 25.2 Å². The third kappa shape index (κ3) is 4.85. The molecule has 0 spiro atoms. The highest BCUT2D eigenvalue weighted by molar-refractivity contribution is 8.49. The molecule has 0 aromatic carbocycles. The van der Waals surface area contributed by atoms with Crippen molar-refractivity contribution in [2.75, 3.05) is 12.3 Å². The van der Waals surface area contributed by atoms with Crippen molar-refractivity contribution in [3.63, 3.8) is 0 Å². The summed E-state index contributed by atoms with van der Waals surface area (Å²) in [4.78, 5) is 0. The van der Waals surface area contributed by atoms with Gasteiger partial charge in [0.05, 0.1) is 0 Å². The summed E-state index contributed by atoms with van der Waals surface area (Å²) < 4.78 is 31.2. The van der Waals surface area contributed by atoms with Crippen molar-refractivity contribution in [3.8, 4) is 0 Å². The summed E-state index contributed by atoms with van der Waals surface area (Å²) in [5, 5.41) is 0. The molecular weight excluding hydrogens is 238 g/mol. The minimum absolute atomic E-state index is 0.437. The van der Waals surface area contributed by atoms with Crippen molar-refractivity contribution >= 4 is 39.2 Å². The van der Waals surface area contributed by atoms with Crippen molar-refractivity contribution < 1.29 is 17.1 Å². The monoisotopic (exact) mass is 249 g/mol. The Morgan fingerprint density at radius 3 is 2.33 bits per heavy atom. The fourth-order valence-corrected chi connectivity index (χ4v) is 4.36. The Balaban J connectivity index is 3.89. The Hall–Kier alpha value is 0.950. The van der Waals surface area contributed by atoms with Crippen LogP contribution < -0.4 is 0 Å². The molecule has 12 heavy (non-hydrogen) atoms. The van der Waals surface area contributed by atoms with Crippen molar-refractivity contribution in [3.05, 3.63) is 0 Å². The molecule has 0 aromatic heterocycles. The first-order valence-corrected chi connectivity index (χ1v) is 8.19. The molecule has 0 fully saturated rings. The molecule has 0 aliphatic carbocycles. The van der Waals surface area contributed by atoms with Crippen LogP contribution in [0.15, 0.2) is 0 Å². The smallest absolute Gasteiger partial charge is 0.292 e. The third-order valence-corrected chi connectivity index (χ3v) is 6.76. The number of hydrogen-bond donors (Lipinski definition) is 1. The first-order valence-electron chi connectivity index (χ1n) is 3.31. The summed E-state index contributed by atoms with van der Waals surface area (Å²) in [5.74, 6) is 0. The molecule has 0 aliphatic heterocycles. The van der Waals surface area contributed by atoms with E-state index in [1.54, 1.807) is 13.8 Å². The molecule has 0 amide bonds. The maximum atomic E-state index is 11.5. The predicted octanol–water partition coefficient (Wildman–Crippen LogP) is 3.49. The number of hydrogen-bond acceptors (Lipinski definition) is 6. The van der Waals surface area contributed by atoms with Gasteiger partial charge in [0.1, 0.15) is 0 Å². The zero-order chi connectivity index (χ0) is 9.61. The summed E-state index contributed by atoms with van der Waals surface area (Å²) >= 11 is 3.91. The van der Waals surface area contributed by atoms with Crippen LogP contribution in [0.2, 0.25) is 0 Å². The summed E-state index contributed by atoms with van der Waals surface area (Å²) in [6, 6.07) is 0. The van der Waals surface area contributed by atoms with E-state index >= 15 is 0 Å². The molecule has 0 radical (unpaired) electrons. The lowest BCUT2D eigenvalue weighted by atomic mass is 11.0. The quantitative estimate of drug-likeness (QED) is 0.443. The van der Waals surface area contributed by atoms with Gasteiger partial charge in [-0.1, -0.05) is 17.8 Å². The van der Waals surface area contributed by atoms with Crippen molar-refractivity contribution in [2.45, 2.75) is 13.8 Å². The molecule has 0 heterocycles. The van der Waals surface area contributed by atoms with Gasteiger partial charge in [0.15, 0.2) is 0 Å². The largest absolute Gasteiger partial charge is 0.628 e. The molecule has 1 atom stereocenters. The van der Waals surface area contributed by atoms with Gasteiger partial charge < -0.3 is 0 Å². The second kappa shape index (κ2) is 6.41. The molecule has 0 rings (SSSR count). The van der Waals surface area contributed by atoms with E-state index in [9.17, 15) is 9.13 Å². The molecular formula is C4H11O4P2S2+. The normalized spacial score (nSPS) is 13.1. The second-order valence-corrected chi connectivity index (χ2v) is 7.98. The molecule has 0 bridgehead atoms. The fourth-order valence-electron chi connectivity index (χ4n) is 0.431. The van der Waals surface area contributed by atoms with E-state index in [0.29, 0.717) is 24.0 Å². The van der Waals surface area contributed by atoms with E-state index in [1.165, 1.54) is 0 Å². The average molecular weight is 249 g/mol. The first kappa shape index (κ1) is 12.9. The van der Waals surface area contributed by atoms with Crippen LogP contribution in [0, 0.1) is 0 Å². The van der Waals surface area contributed by atoms with E-state index in [1.807, 2.05) is 0 Å². The fraction of sp³-hybridized carbons (Fsp3) is 1.00. The highest BCUT2D eigenvalue weighted by Gasteiger charge is 2.28. The van der Waals surface area contributed by atoms with Gasteiger partial charge in [-0.25, -0.2) is 3.97 Å². The van der Waals surface area contributed by atoms with Crippen LogP contribution in [-0.2, 0) is 17.1 Å². The summed E-state index contributed by atoms with van der Waals surface area (Å²) in [6.07, 6.45) is 0.874. The summed E-state index contributed by atoms with van der Waals surface area (Å²) in [7, 11) is -4.60. The van der Waals surface area contributed by atoms with E-state index in [2.05, 4.69) is 16.9 Å². The van der Waals surface area contributed by atoms with Gasteiger partial charge in [-0.15, -0.1) is 0 Å². The molecule has 0 saturated heterocycles. The van der Waals surface area contributed by atoms with Crippen LogP contribution in [0.25, 0.3) is 0 Å². The lowest BCUT2D eigenvalue weighted by Gasteiger charge is -2.07. The lowest BCUT2D eigenvalue weighted by molar-refractivity contribution is 0.511. The van der Waals surface area contributed by atoms with E-state index in [4.69, 9.17) is 3.97 Å². The second-order valence-electron chi connectivity index (χ2n) is 1.90. The van der Waals surface area contributed by atoms with Crippen LogP contribution in [0.1, 0.15) is 13.8 Å². The maximum absolute atomic E-state index is 11.5. The lowest BCUT2D eigenvalue weighted by Crippen LogP contribution is -1.88. The molecule has 8 heteroatoms. The molecule has 72 valence electrons. The molecule has 0 N–H and O–H groups in total. The highest BCUT2D eigenvalue weighted by atomic mass is 32.7. The van der Waals surface area contributed by atoms with Crippen molar-refractivity contribution in [1.82, 2.24) is 0 Å². The van der Waals surface area contributed by atoms with E-state index in [0.717, 1.165) is 0 Å². The van der Waals surface area contributed by atoms with Crippen LogP contribution >= 0.6 is 39.2 Å². The van der Waals surface area contributed by atoms with Gasteiger partial charge >= 0.3 is 18.9 Å². The van der Waals surface area contributed by atoms with Crippen molar-refractivity contribution in [2.24, 2.45) is 0 Å². The van der Waals surface area contributed by atoms with Gasteiger partial charge in [-0.3, -0.25) is 4.57 Å². The SMILES string of the molecule is CCP(=O)(CC)OS[P+](=O)OS. The minimum Gasteiger partial charge on any atom is -0.292 e. The highest BCUT2D eigenvalue weighted by Crippen LogP contribution is 2.56. The predicted molar refractivity (Wildman–Crippen MR) is 55.0 cm³/mol. The van der Waals surface area contributed by atoms with Crippen LogP contribution in [-0.4, -0.2) is 12.3 Å². The van der Waals surface area contributed by atoms with E-state index in [-0.39, 0.29) is 0 Å². The van der Waals surface area contributed by atoms with Crippen LogP contribution in [0.5, 0.6) is 0 Å². The Morgan fingerprint density at radius 1 is 1.50 bits per heavy atom. The Labute approximate surface area is 82.7 Å². The van der Waals surface area contributed by atoms with Gasteiger partial charge in [-0.2, -0.15) is 0 Å². The minimum atomic E-state index is -2.58. The first-order chi connectivity index (χ1) is 5.58. The zero-order valence-electron chi connectivity index (χ0n) is 6.80. The topological polar surface area (TPSA) is 52.6 Å². The Morgan fingerprint density at radius 2 is 2.00 bits per heavy atom. The third-order valence-electron chi connectivity index (χ3n) is 1.26. The van der Waals surface area contributed by atoms with Gasteiger partial charge in [-0.05, 0) is 4.57 Å². The molecule has 1 unspecified atom stereocenters. The van der Waals surface area contributed by atoms with Gasteiger partial charge in [0.2, 0.25) is 7.37 Å². The standard InChI is InChI=1S/C4H10O4P2S2/c1-3-10(6,4-2)8-12-9(5)7-11/h3-4H2,1-2H3/p+1. The molecule has 0 aromatic rings. The number of rotatable bonds is 6. The summed E-state index contributed by atoms with van der Waals surface area (Å²) in [6.45, 7) is 3.53. The van der Waals surface area contributed by atoms with Crippen LogP contribution in [0.4, 0.5) is 0 Å². The Bertz CT molecular complexity index is 189. The maximum Gasteiger partial charge on any atom is 0.628 e. The molecule has 4 nitrogen and oxygen atoms in total. The molecule has 0 aliphatic rings. The van der Waals surface area contributed by atoms with E-state index < -0.39 is 14.6 Å². The molecule has 0 saturated carbocycles. The van der Waals surface area contributed by atoms with Crippen molar-refractivity contribution in [1.29, 1.82) is 0 Å². The number of thiol groups is 1. The Kier molecular flexibility index (Phi) is 6.92.